The predicted molar refractivity (Wildman–Crippen MR) is 118 cm³/mol. The van der Waals surface area contributed by atoms with E-state index in [1.165, 1.54) is 11.3 Å². The second kappa shape index (κ2) is 8.19. The number of hydrogen-bond acceptors (Lipinski definition) is 4. The Kier molecular flexibility index (Phi) is 6.03. The standard InChI is InChI=1S/C23H30N2O3S/c1-13-8-14(2)10-16(9-13)28-12-19(26)25-22-20(21(24)27)17-7-6-15(23(3,4)5)11-18(17)29-22/h8-10,15H,6-7,11-12H2,1-5H3,(H2,24,27)(H,25,26). The number of aryl methyl sites for hydroxylation is 2. The molecule has 1 aliphatic rings. The fourth-order valence-corrected chi connectivity index (χ4v) is 5.35. The van der Waals surface area contributed by atoms with E-state index in [1.54, 1.807) is 0 Å². The van der Waals surface area contributed by atoms with E-state index < -0.39 is 5.91 Å². The molecule has 0 aliphatic heterocycles. The van der Waals surface area contributed by atoms with E-state index in [2.05, 4.69) is 26.1 Å². The molecule has 29 heavy (non-hydrogen) atoms. The lowest BCUT2D eigenvalue weighted by molar-refractivity contribution is -0.118. The van der Waals surface area contributed by atoms with Gasteiger partial charge < -0.3 is 15.8 Å². The molecule has 1 aromatic heterocycles. The van der Waals surface area contributed by atoms with Crippen molar-refractivity contribution in [1.82, 2.24) is 0 Å². The minimum atomic E-state index is -0.484. The zero-order valence-corrected chi connectivity index (χ0v) is 18.7. The normalized spacial score (nSPS) is 16.2. The minimum absolute atomic E-state index is 0.117. The van der Waals surface area contributed by atoms with E-state index in [1.807, 2.05) is 32.0 Å². The van der Waals surface area contributed by atoms with Crippen LogP contribution in [0.15, 0.2) is 18.2 Å². The average molecular weight is 415 g/mol. The summed E-state index contributed by atoms with van der Waals surface area (Å²) in [5, 5.41) is 3.40. The summed E-state index contributed by atoms with van der Waals surface area (Å²) in [6.45, 7) is 10.6. The first kappa shape index (κ1) is 21.4. The Labute approximate surface area is 176 Å². The summed E-state index contributed by atoms with van der Waals surface area (Å²) in [5.74, 6) is 0.428. The topological polar surface area (TPSA) is 81.4 Å². The van der Waals surface area contributed by atoms with Crippen LogP contribution < -0.4 is 15.8 Å². The second-order valence-electron chi connectivity index (χ2n) is 9.04. The van der Waals surface area contributed by atoms with Crippen LogP contribution in [0.25, 0.3) is 0 Å². The number of fused-ring (bicyclic) bond motifs is 1. The summed E-state index contributed by atoms with van der Waals surface area (Å²) in [6.07, 6.45) is 2.76. The number of hydrogen-bond donors (Lipinski definition) is 2. The molecule has 3 rings (SSSR count). The molecule has 6 heteroatoms. The molecular weight excluding hydrogens is 384 g/mol. The van der Waals surface area contributed by atoms with Gasteiger partial charge in [-0.3, -0.25) is 9.59 Å². The average Bonchev–Trinajstić information content (AvgIpc) is 2.95. The van der Waals surface area contributed by atoms with Gasteiger partial charge >= 0.3 is 0 Å². The lowest BCUT2D eigenvalue weighted by Crippen LogP contribution is -2.27. The van der Waals surface area contributed by atoms with Gasteiger partial charge in [-0.2, -0.15) is 0 Å². The summed E-state index contributed by atoms with van der Waals surface area (Å²) >= 11 is 1.48. The Morgan fingerprint density at radius 1 is 1.21 bits per heavy atom. The summed E-state index contributed by atoms with van der Waals surface area (Å²) < 4.78 is 5.64. The number of thiophene rings is 1. The first-order valence-corrected chi connectivity index (χ1v) is 10.8. The summed E-state index contributed by atoms with van der Waals surface area (Å²) in [4.78, 5) is 25.8. The molecule has 2 aromatic rings. The number of nitrogens with one attached hydrogen (secondary N) is 1. The van der Waals surface area contributed by atoms with Crippen LogP contribution in [0.3, 0.4) is 0 Å². The van der Waals surface area contributed by atoms with Gasteiger partial charge in [0.15, 0.2) is 6.61 Å². The van der Waals surface area contributed by atoms with Crippen molar-refractivity contribution in [2.45, 2.75) is 53.9 Å². The van der Waals surface area contributed by atoms with E-state index in [0.717, 1.165) is 40.8 Å². The van der Waals surface area contributed by atoms with Gasteiger partial charge in [0, 0.05) is 4.88 Å². The maximum atomic E-state index is 12.5. The van der Waals surface area contributed by atoms with Gasteiger partial charge in [0.2, 0.25) is 0 Å². The Bertz CT molecular complexity index is 920. The highest BCUT2D eigenvalue weighted by Crippen LogP contribution is 2.44. The molecule has 2 amide bonds. The lowest BCUT2D eigenvalue weighted by atomic mass is 9.72. The molecule has 1 aliphatic carbocycles. The molecule has 1 heterocycles. The third kappa shape index (κ3) is 4.99. The van der Waals surface area contributed by atoms with Crippen molar-refractivity contribution in [3.8, 4) is 5.75 Å². The van der Waals surface area contributed by atoms with Crippen molar-refractivity contribution in [2.75, 3.05) is 11.9 Å². The number of amides is 2. The third-order valence-electron chi connectivity index (χ3n) is 5.55. The molecule has 0 spiro atoms. The second-order valence-corrected chi connectivity index (χ2v) is 10.1. The first-order valence-electron chi connectivity index (χ1n) is 10.00. The van der Waals surface area contributed by atoms with E-state index >= 15 is 0 Å². The zero-order valence-electron chi connectivity index (χ0n) is 17.8. The van der Waals surface area contributed by atoms with E-state index in [9.17, 15) is 9.59 Å². The number of rotatable bonds is 5. The Balaban J connectivity index is 1.74. The smallest absolute Gasteiger partial charge is 0.262 e. The van der Waals surface area contributed by atoms with Gasteiger partial charge in [0.05, 0.1) is 5.56 Å². The minimum Gasteiger partial charge on any atom is -0.484 e. The van der Waals surface area contributed by atoms with Crippen LogP contribution in [-0.4, -0.2) is 18.4 Å². The lowest BCUT2D eigenvalue weighted by Gasteiger charge is -2.33. The van der Waals surface area contributed by atoms with Crippen LogP contribution in [0.5, 0.6) is 5.75 Å². The van der Waals surface area contributed by atoms with Gasteiger partial charge in [-0.05, 0) is 73.3 Å². The summed E-state index contributed by atoms with van der Waals surface area (Å²) in [6, 6.07) is 5.84. The monoisotopic (exact) mass is 414 g/mol. The van der Waals surface area contributed by atoms with Gasteiger partial charge in [0.1, 0.15) is 10.8 Å². The molecule has 0 radical (unpaired) electrons. The molecule has 0 saturated carbocycles. The first-order chi connectivity index (χ1) is 13.5. The highest BCUT2D eigenvalue weighted by Gasteiger charge is 2.33. The molecule has 1 atom stereocenters. The molecule has 1 aromatic carbocycles. The largest absolute Gasteiger partial charge is 0.484 e. The molecule has 156 valence electrons. The fraction of sp³-hybridized carbons (Fsp3) is 0.478. The van der Waals surface area contributed by atoms with Gasteiger partial charge in [-0.1, -0.05) is 26.8 Å². The zero-order chi connectivity index (χ0) is 21.3. The van der Waals surface area contributed by atoms with E-state index in [4.69, 9.17) is 10.5 Å². The van der Waals surface area contributed by atoms with Crippen LogP contribution >= 0.6 is 11.3 Å². The van der Waals surface area contributed by atoms with Gasteiger partial charge in [-0.25, -0.2) is 0 Å². The highest BCUT2D eigenvalue weighted by molar-refractivity contribution is 7.17. The third-order valence-corrected chi connectivity index (χ3v) is 6.72. The molecule has 3 N–H and O–H groups in total. The number of ether oxygens (including phenoxy) is 1. The molecule has 0 bridgehead atoms. The van der Waals surface area contributed by atoms with Crippen molar-refractivity contribution in [3.63, 3.8) is 0 Å². The van der Waals surface area contributed by atoms with Crippen LogP contribution in [0.2, 0.25) is 0 Å². The van der Waals surface area contributed by atoms with Crippen LogP contribution in [0, 0.1) is 25.2 Å². The van der Waals surface area contributed by atoms with E-state index in [0.29, 0.717) is 22.2 Å². The van der Waals surface area contributed by atoms with Crippen molar-refractivity contribution >= 4 is 28.2 Å². The van der Waals surface area contributed by atoms with Crippen LogP contribution in [0.4, 0.5) is 5.00 Å². The number of anilines is 1. The van der Waals surface area contributed by atoms with Gasteiger partial charge in [-0.15, -0.1) is 11.3 Å². The predicted octanol–water partition coefficient (Wildman–Crippen LogP) is 4.63. The van der Waals surface area contributed by atoms with Crippen LogP contribution in [-0.2, 0) is 17.6 Å². The maximum Gasteiger partial charge on any atom is 0.262 e. The maximum absolute atomic E-state index is 12.5. The number of carbonyl (C=O) groups is 2. The Hall–Kier alpha value is -2.34. The van der Waals surface area contributed by atoms with Crippen molar-refractivity contribution < 1.29 is 14.3 Å². The highest BCUT2D eigenvalue weighted by atomic mass is 32.1. The Morgan fingerprint density at radius 2 is 1.86 bits per heavy atom. The van der Waals surface area contributed by atoms with Gasteiger partial charge in [0.25, 0.3) is 11.8 Å². The molecule has 5 nitrogen and oxygen atoms in total. The number of nitrogens with two attached hydrogens (primary N) is 1. The molecule has 0 fully saturated rings. The quantitative estimate of drug-likeness (QED) is 0.748. The van der Waals surface area contributed by atoms with Crippen molar-refractivity contribution in [3.05, 3.63) is 45.3 Å². The molecule has 0 saturated heterocycles. The fourth-order valence-electron chi connectivity index (χ4n) is 4.00. The molecular formula is C23H30N2O3S. The SMILES string of the molecule is Cc1cc(C)cc(OCC(=O)Nc2sc3c(c2C(N)=O)CCC(C(C)(C)C)C3)c1. The number of benzene rings is 1. The summed E-state index contributed by atoms with van der Waals surface area (Å²) in [5.41, 5.74) is 9.51. The van der Waals surface area contributed by atoms with Crippen LogP contribution in [0.1, 0.15) is 59.1 Å². The van der Waals surface area contributed by atoms with Crippen molar-refractivity contribution in [2.24, 2.45) is 17.1 Å². The number of carbonyl (C=O) groups excluding carboxylic acids is 2. The summed E-state index contributed by atoms with van der Waals surface area (Å²) in [7, 11) is 0. The number of primary amides is 1. The Morgan fingerprint density at radius 3 is 2.45 bits per heavy atom. The van der Waals surface area contributed by atoms with E-state index in [-0.39, 0.29) is 17.9 Å². The van der Waals surface area contributed by atoms with Crippen molar-refractivity contribution in [1.29, 1.82) is 0 Å². The molecule has 1 unspecified atom stereocenters.